The van der Waals surface area contributed by atoms with Gasteiger partial charge in [0.15, 0.2) is 5.76 Å². The predicted octanol–water partition coefficient (Wildman–Crippen LogP) is 5.14. The van der Waals surface area contributed by atoms with Gasteiger partial charge in [-0.1, -0.05) is 31.0 Å². The Labute approximate surface area is 171 Å². The smallest absolute Gasteiger partial charge is 0.339 e. The van der Waals surface area contributed by atoms with E-state index < -0.39 is 11.9 Å². The van der Waals surface area contributed by atoms with Crippen molar-refractivity contribution in [3.05, 3.63) is 84.9 Å². The summed E-state index contributed by atoms with van der Waals surface area (Å²) < 4.78 is 11.8. The first-order chi connectivity index (χ1) is 14.1. The van der Waals surface area contributed by atoms with Gasteiger partial charge in [0.2, 0.25) is 0 Å². The van der Waals surface area contributed by atoms with Gasteiger partial charge in [-0.25, -0.2) is 9.10 Å². The number of anilines is 1. The Morgan fingerprint density at radius 1 is 1.00 bits per heavy atom. The molecule has 0 spiro atoms. The summed E-state index contributed by atoms with van der Waals surface area (Å²) in [6.07, 6.45) is 3.12. The Bertz CT molecular complexity index is 1130. The van der Waals surface area contributed by atoms with Crippen LogP contribution in [0, 0.1) is 0 Å². The molecule has 8 heteroatoms. The van der Waals surface area contributed by atoms with Crippen LogP contribution in [0.15, 0.2) is 83.5 Å². The summed E-state index contributed by atoms with van der Waals surface area (Å²) in [6, 6.07) is 18.5. The Morgan fingerprint density at radius 2 is 1.72 bits per heavy atom. The first-order valence-electron chi connectivity index (χ1n) is 8.61. The van der Waals surface area contributed by atoms with Crippen LogP contribution in [0.3, 0.4) is 0 Å². The number of furan rings is 1. The monoisotopic (exact) mass is 405 g/mol. The number of urea groups is 1. The molecule has 2 aromatic heterocycles. The van der Waals surface area contributed by atoms with E-state index in [1.165, 1.54) is 6.07 Å². The molecule has 144 valence electrons. The van der Waals surface area contributed by atoms with Crippen LogP contribution < -0.4 is 10.1 Å². The van der Waals surface area contributed by atoms with Crippen molar-refractivity contribution in [2.45, 2.75) is 0 Å². The van der Waals surface area contributed by atoms with Crippen molar-refractivity contribution in [1.29, 1.82) is 0 Å². The molecule has 2 aromatic carbocycles. The van der Waals surface area contributed by atoms with E-state index in [9.17, 15) is 9.59 Å². The van der Waals surface area contributed by atoms with Crippen molar-refractivity contribution >= 4 is 41.4 Å². The molecule has 0 unspecified atom stereocenters. The van der Waals surface area contributed by atoms with Crippen molar-refractivity contribution in [3.8, 4) is 11.5 Å². The highest BCUT2D eigenvalue weighted by Gasteiger charge is 2.23. The Balaban J connectivity index is 1.40. The molecule has 3 amide bonds. The zero-order valence-corrected chi connectivity index (χ0v) is 15.9. The fourth-order valence-corrected chi connectivity index (χ4v) is 2.74. The molecule has 0 saturated heterocycles. The highest BCUT2D eigenvalue weighted by atomic mass is 32.1. The number of amides is 3. The lowest BCUT2D eigenvalue weighted by molar-refractivity contribution is 0.0875. The topological polar surface area (TPSA) is 84.7 Å². The maximum absolute atomic E-state index is 12.5. The average Bonchev–Trinajstić information content (AvgIpc) is 3.19. The highest BCUT2D eigenvalue weighted by Crippen LogP contribution is 2.23. The number of hydrogen-bond acceptors (Lipinski definition) is 6. The van der Waals surface area contributed by atoms with Gasteiger partial charge in [0, 0.05) is 23.5 Å². The van der Waals surface area contributed by atoms with Gasteiger partial charge in [0.1, 0.15) is 17.1 Å². The lowest BCUT2D eigenvalue weighted by Gasteiger charge is -2.14. The molecule has 0 aliphatic heterocycles. The van der Waals surface area contributed by atoms with Gasteiger partial charge in [-0.15, -0.1) is 0 Å². The molecular weight excluding hydrogens is 390 g/mol. The zero-order valence-electron chi connectivity index (χ0n) is 15.0. The largest absolute Gasteiger partial charge is 0.457 e. The molecule has 4 rings (SSSR count). The number of aromatic nitrogens is 1. The van der Waals surface area contributed by atoms with Crippen LogP contribution in [-0.4, -0.2) is 21.2 Å². The van der Waals surface area contributed by atoms with Gasteiger partial charge >= 0.3 is 11.9 Å². The van der Waals surface area contributed by atoms with Gasteiger partial charge in [0.25, 0.3) is 0 Å². The fourth-order valence-electron chi connectivity index (χ4n) is 2.59. The third-order valence-corrected chi connectivity index (χ3v) is 4.36. The Hall–Kier alpha value is -3.78. The van der Waals surface area contributed by atoms with Crippen molar-refractivity contribution in [1.82, 2.24) is 9.29 Å². The number of carbonyl (C=O) groups excluding carboxylic acids is 2. The SMILES string of the molecule is O=C(Nc1ccc(Oc2ccccc2)cc1)N(S)C(=O)c1cc2cnccc2o1. The van der Waals surface area contributed by atoms with E-state index in [1.54, 1.807) is 42.7 Å². The third kappa shape index (κ3) is 4.22. The van der Waals surface area contributed by atoms with Gasteiger partial charge in [-0.2, -0.15) is 0 Å². The number of nitrogens with one attached hydrogen (secondary N) is 1. The molecule has 0 saturated carbocycles. The summed E-state index contributed by atoms with van der Waals surface area (Å²) in [5.74, 6) is 0.622. The van der Waals surface area contributed by atoms with E-state index in [1.807, 2.05) is 30.3 Å². The number of imide groups is 1. The minimum absolute atomic E-state index is 0.00948. The molecule has 1 N–H and O–H groups in total. The first-order valence-corrected chi connectivity index (χ1v) is 9.01. The maximum atomic E-state index is 12.5. The predicted molar refractivity (Wildman–Crippen MR) is 111 cm³/mol. The molecule has 4 aromatic rings. The molecule has 0 fully saturated rings. The van der Waals surface area contributed by atoms with Gasteiger partial charge in [-0.05, 0) is 48.5 Å². The summed E-state index contributed by atoms with van der Waals surface area (Å²) in [6.45, 7) is 0. The second-order valence-electron chi connectivity index (χ2n) is 6.01. The maximum Gasteiger partial charge on any atom is 0.339 e. The molecular formula is C21H15N3O4S. The van der Waals surface area contributed by atoms with Crippen LogP contribution in [0.5, 0.6) is 11.5 Å². The minimum Gasteiger partial charge on any atom is -0.457 e. The van der Waals surface area contributed by atoms with Gasteiger partial charge < -0.3 is 14.5 Å². The van der Waals surface area contributed by atoms with Crippen LogP contribution in [0.4, 0.5) is 10.5 Å². The number of hydrogen-bond donors (Lipinski definition) is 2. The van der Waals surface area contributed by atoms with Crippen LogP contribution in [0.25, 0.3) is 11.0 Å². The normalized spacial score (nSPS) is 10.5. The molecule has 0 radical (unpaired) electrons. The lowest BCUT2D eigenvalue weighted by atomic mass is 10.3. The van der Waals surface area contributed by atoms with Crippen molar-refractivity contribution in [2.24, 2.45) is 0 Å². The van der Waals surface area contributed by atoms with E-state index in [2.05, 4.69) is 23.1 Å². The number of thiol groups is 1. The number of para-hydroxylation sites is 1. The van der Waals surface area contributed by atoms with Gasteiger partial charge in [0.05, 0.1) is 0 Å². The number of carbonyl (C=O) groups is 2. The minimum atomic E-state index is -0.714. The van der Waals surface area contributed by atoms with E-state index in [0.717, 1.165) is 0 Å². The van der Waals surface area contributed by atoms with Crippen LogP contribution in [-0.2, 0) is 0 Å². The van der Waals surface area contributed by atoms with Crippen LogP contribution in [0.1, 0.15) is 10.6 Å². The summed E-state index contributed by atoms with van der Waals surface area (Å²) in [7, 11) is 0. The average molecular weight is 405 g/mol. The van der Waals surface area contributed by atoms with Crippen molar-refractivity contribution in [2.75, 3.05) is 5.32 Å². The number of fused-ring (bicyclic) bond motifs is 1. The van der Waals surface area contributed by atoms with Crippen molar-refractivity contribution < 1.29 is 18.7 Å². The quantitative estimate of drug-likeness (QED) is 0.459. The molecule has 7 nitrogen and oxygen atoms in total. The van der Waals surface area contributed by atoms with E-state index in [4.69, 9.17) is 9.15 Å². The molecule has 2 heterocycles. The Kier molecular flexibility index (Phi) is 5.17. The number of rotatable bonds is 4. The molecule has 0 aliphatic rings. The number of pyridine rings is 1. The van der Waals surface area contributed by atoms with Crippen molar-refractivity contribution in [3.63, 3.8) is 0 Å². The number of nitrogens with zero attached hydrogens (tertiary/aromatic N) is 2. The number of benzene rings is 2. The Morgan fingerprint density at radius 3 is 2.45 bits per heavy atom. The number of ether oxygens (including phenoxy) is 1. The molecule has 0 bridgehead atoms. The zero-order chi connectivity index (χ0) is 20.2. The summed E-state index contributed by atoms with van der Waals surface area (Å²) in [5.41, 5.74) is 0.982. The van der Waals surface area contributed by atoms with Crippen LogP contribution in [0.2, 0.25) is 0 Å². The summed E-state index contributed by atoms with van der Waals surface area (Å²) in [4.78, 5) is 28.8. The molecule has 0 aliphatic carbocycles. The first kappa shape index (κ1) is 18.6. The van der Waals surface area contributed by atoms with Crippen LogP contribution >= 0.6 is 12.8 Å². The van der Waals surface area contributed by atoms with Gasteiger partial charge in [-0.3, -0.25) is 9.78 Å². The molecule has 0 atom stereocenters. The van der Waals surface area contributed by atoms with E-state index in [0.29, 0.717) is 32.5 Å². The second-order valence-corrected chi connectivity index (χ2v) is 6.41. The second kappa shape index (κ2) is 8.07. The van der Waals surface area contributed by atoms with E-state index in [-0.39, 0.29) is 5.76 Å². The molecule has 29 heavy (non-hydrogen) atoms. The summed E-state index contributed by atoms with van der Waals surface area (Å²) in [5, 5.41) is 3.26. The third-order valence-electron chi connectivity index (χ3n) is 4.00. The van der Waals surface area contributed by atoms with E-state index >= 15 is 0 Å². The highest BCUT2D eigenvalue weighted by molar-refractivity contribution is 7.79. The lowest BCUT2D eigenvalue weighted by Crippen LogP contribution is -2.32. The summed E-state index contributed by atoms with van der Waals surface area (Å²) >= 11 is 4.00. The standard InChI is InChI=1S/C21H15N3O4S/c25-20(19-12-14-13-22-11-10-18(14)28-19)24(29)21(26)23-15-6-8-17(9-7-15)27-16-4-2-1-3-5-16/h1-13,29H,(H,23,26). The fraction of sp³-hybridized carbons (Fsp3) is 0.